The standard InChI is InChI=1S/C32H24N2/c1-3-33-25-9-5-7-19-11-13-21-15-23(17-27(33)31(21)29(19)25)24-16-22-14-12-20-8-6-10-26-30(20)32(22)28(18-24)34(26)4-2/h5-18H,3-4H2,1-2H3. The number of nitrogens with zero attached hydrogens (tertiary/aromatic N) is 2. The van der Waals surface area contributed by atoms with Crippen molar-refractivity contribution in [1.29, 1.82) is 0 Å². The molecule has 0 radical (unpaired) electrons. The number of rotatable bonds is 3. The Balaban J connectivity index is 1.50. The van der Waals surface area contributed by atoms with Crippen LogP contribution in [0.2, 0.25) is 0 Å². The van der Waals surface area contributed by atoms with Gasteiger partial charge < -0.3 is 9.13 Å². The van der Waals surface area contributed by atoms with E-state index >= 15 is 0 Å². The van der Waals surface area contributed by atoms with Crippen LogP contribution in [0.5, 0.6) is 0 Å². The van der Waals surface area contributed by atoms with Gasteiger partial charge in [-0.25, -0.2) is 0 Å². The summed E-state index contributed by atoms with van der Waals surface area (Å²) in [6.45, 7) is 6.43. The fraction of sp³-hybridized carbons (Fsp3) is 0.125. The molecule has 0 unspecified atom stereocenters. The first-order valence-electron chi connectivity index (χ1n) is 12.3. The Hall–Kier alpha value is -4.04. The van der Waals surface area contributed by atoms with E-state index in [9.17, 15) is 0 Å². The third-order valence-corrected chi connectivity index (χ3v) is 7.96. The second-order valence-electron chi connectivity index (χ2n) is 9.56. The minimum absolute atomic E-state index is 0.965. The van der Waals surface area contributed by atoms with Crippen molar-refractivity contribution in [2.75, 3.05) is 0 Å². The molecule has 0 fully saturated rings. The van der Waals surface area contributed by atoms with Crippen LogP contribution >= 0.6 is 0 Å². The van der Waals surface area contributed by atoms with Crippen LogP contribution in [-0.2, 0) is 13.1 Å². The third kappa shape index (κ3) is 2.12. The maximum Gasteiger partial charge on any atom is 0.0503 e. The summed E-state index contributed by atoms with van der Waals surface area (Å²) in [7, 11) is 0. The molecule has 0 N–H and O–H groups in total. The summed E-state index contributed by atoms with van der Waals surface area (Å²) in [5.74, 6) is 0. The molecule has 8 rings (SSSR count). The molecule has 0 atom stereocenters. The predicted octanol–water partition coefficient (Wildman–Crippen LogP) is 8.79. The summed E-state index contributed by atoms with van der Waals surface area (Å²) in [6, 6.07) is 32.1. The smallest absolute Gasteiger partial charge is 0.0503 e. The van der Waals surface area contributed by atoms with Crippen LogP contribution in [0.15, 0.2) is 84.9 Å². The summed E-state index contributed by atoms with van der Waals surface area (Å²) in [4.78, 5) is 0. The number of aryl methyl sites for hydroxylation is 2. The number of aromatic nitrogens is 2. The highest BCUT2D eigenvalue weighted by molar-refractivity contribution is 6.26. The number of hydrogen-bond donors (Lipinski definition) is 0. The van der Waals surface area contributed by atoms with Gasteiger partial charge in [-0.2, -0.15) is 0 Å². The van der Waals surface area contributed by atoms with Crippen molar-refractivity contribution >= 4 is 65.2 Å². The molecule has 0 saturated heterocycles. The van der Waals surface area contributed by atoms with E-state index in [1.54, 1.807) is 0 Å². The van der Waals surface area contributed by atoms with E-state index in [1.807, 2.05) is 0 Å². The summed E-state index contributed by atoms with van der Waals surface area (Å²) in [6.07, 6.45) is 0. The molecule has 6 aromatic carbocycles. The predicted molar refractivity (Wildman–Crippen MR) is 147 cm³/mol. The molecular formula is C32H24N2. The van der Waals surface area contributed by atoms with Crippen molar-refractivity contribution in [2.24, 2.45) is 0 Å². The second-order valence-corrected chi connectivity index (χ2v) is 9.56. The Labute approximate surface area is 197 Å². The molecule has 2 heteroatoms. The fourth-order valence-electron chi connectivity index (χ4n) is 6.55. The lowest BCUT2D eigenvalue weighted by Gasteiger charge is -2.10. The first kappa shape index (κ1) is 18.4. The van der Waals surface area contributed by atoms with E-state index in [-0.39, 0.29) is 0 Å². The molecule has 0 bridgehead atoms. The minimum Gasteiger partial charge on any atom is -0.341 e. The van der Waals surface area contributed by atoms with Crippen LogP contribution in [0.4, 0.5) is 0 Å². The Morgan fingerprint density at radius 3 is 1.29 bits per heavy atom. The van der Waals surface area contributed by atoms with Crippen LogP contribution < -0.4 is 0 Å². The van der Waals surface area contributed by atoms with Crippen molar-refractivity contribution in [3.05, 3.63) is 84.9 Å². The molecule has 2 aromatic heterocycles. The largest absolute Gasteiger partial charge is 0.341 e. The van der Waals surface area contributed by atoms with Gasteiger partial charge in [0.2, 0.25) is 0 Å². The van der Waals surface area contributed by atoms with Gasteiger partial charge in [-0.3, -0.25) is 0 Å². The minimum atomic E-state index is 0.965. The summed E-state index contributed by atoms with van der Waals surface area (Å²) < 4.78 is 4.96. The summed E-state index contributed by atoms with van der Waals surface area (Å²) >= 11 is 0. The van der Waals surface area contributed by atoms with E-state index in [4.69, 9.17) is 0 Å². The molecule has 0 aliphatic heterocycles. The Morgan fingerprint density at radius 1 is 0.441 bits per heavy atom. The van der Waals surface area contributed by atoms with Gasteiger partial charge in [-0.1, -0.05) is 48.5 Å². The monoisotopic (exact) mass is 436 g/mol. The van der Waals surface area contributed by atoms with Gasteiger partial charge in [0.05, 0.1) is 11.0 Å². The van der Waals surface area contributed by atoms with Crippen LogP contribution in [-0.4, -0.2) is 9.13 Å². The average Bonchev–Trinajstić information content (AvgIpc) is 3.39. The molecule has 162 valence electrons. The highest BCUT2D eigenvalue weighted by Crippen LogP contribution is 2.42. The van der Waals surface area contributed by atoms with E-state index < -0.39 is 0 Å². The highest BCUT2D eigenvalue weighted by Gasteiger charge is 2.18. The highest BCUT2D eigenvalue weighted by atomic mass is 15.0. The number of benzene rings is 6. The zero-order chi connectivity index (χ0) is 22.6. The summed E-state index contributed by atoms with van der Waals surface area (Å²) in [5, 5.41) is 10.9. The van der Waals surface area contributed by atoms with E-state index in [0.717, 1.165) is 13.1 Å². The Morgan fingerprint density at radius 2 is 0.853 bits per heavy atom. The molecule has 0 saturated carbocycles. The molecule has 0 amide bonds. The van der Waals surface area contributed by atoms with Gasteiger partial charge in [0, 0.05) is 45.7 Å². The average molecular weight is 437 g/mol. The number of hydrogen-bond acceptors (Lipinski definition) is 0. The van der Waals surface area contributed by atoms with Crippen molar-refractivity contribution < 1.29 is 0 Å². The van der Waals surface area contributed by atoms with Crippen LogP contribution in [0.25, 0.3) is 76.3 Å². The second kappa shape index (κ2) is 6.30. The van der Waals surface area contributed by atoms with Gasteiger partial charge in [0.15, 0.2) is 0 Å². The zero-order valence-corrected chi connectivity index (χ0v) is 19.4. The molecule has 2 nitrogen and oxygen atoms in total. The molecule has 0 aliphatic rings. The molecular weight excluding hydrogens is 412 g/mol. The maximum absolute atomic E-state index is 2.48. The topological polar surface area (TPSA) is 9.86 Å². The molecule has 8 aromatic rings. The first-order valence-corrected chi connectivity index (χ1v) is 12.3. The van der Waals surface area contributed by atoms with Crippen LogP contribution in [0.1, 0.15) is 13.8 Å². The Bertz CT molecular complexity index is 1880. The van der Waals surface area contributed by atoms with Crippen LogP contribution in [0.3, 0.4) is 0 Å². The SMILES string of the molecule is CCn1c2cccc3ccc4cc(-c5cc6ccc7cccc8c7c6c(c5)n8CC)cc1c4c32. The lowest BCUT2D eigenvalue weighted by Crippen LogP contribution is -1.94. The third-order valence-electron chi connectivity index (χ3n) is 7.96. The zero-order valence-electron chi connectivity index (χ0n) is 19.4. The van der Waals surface area contributed by atoms with Gasteiger partial charge in [-0.05, 0) is 82.9 Å². The van der Waals surface area contributed by atoms with Crippen LogP contribution in [0, 0.1) is 0 Å². The van der Waals surface area contributed by atoms with Gasteiger partial charge in [-0.15, -0.1) is 0 Å². The van der Waals surface area contributed by atoms with Crippen molar-refractivity contribution in [3.8, 4) is 11.1 Å². The first-order chi connectivity index (χ1) is 16.8. The summed E-state index contributed by atoms with van der Waals surface area (Å²) in [5.41, 5.74) is 7.93. The quantitative estimate of drug-likeness (QED) is 0.245. The van der Waals surface area contributed by atoms with E-state index in [1.165, 1.54) is 76.3 Å². The maximum atomic E-state index is 2.48. The van der Waals surface area contributed by atoms with E-state index in [0.29, 0.717) is 0 Å². The normalized spacial score (nSPS) is 12.6. The molecule has 0 spiro atoms. The van der Waals surface area contributed by atoms with Gasteiger partial charge in [0.25, 0.3) is 0 Å². The molecule has 0 aliphatic carbocycles. The van der Waals surface area contributed by atoms with Gasteiger partial charge in [0.1, 0.15) is 0 Å². The van der Waals surface area contributed by atoms with Gasteiger partial charge >= 0.3 is 0 Å². The van der Waals surface area contributed by atoms with Crippen molar-refractivity contribution in [1.82, 2.24) is 9.13 Å². The fourth-order valence-corrected chi connectivity index (χ4v) is 6.55. The molecule has 2 heterocycles. The molecule has 34 heavy (non-hydrogen) atoms. The van der Waals surface area contributed by atoms with Crippen molar-refractivity contribution in [3.63, 3.8) is 0 Å². The lowest BCUT2D eigenvalue weighted by atomic mass is 9.94. The van der Waals surface area contributed by atoms with Crippen molar-refractivity contribution in [2.45, 2.75) is 26.9 Å². The lowest BCUT2D eigenvalue weighted by molar-refractivity contribution is 0.827. The van der Waals surface area contributed by atoms with E-state index in [2.05, 4.69) is 108 Å². The Kier molecular flexibility index (Phi) is 3.41.